The largest absolute Gasteiger partial charge is 0.498 e. The van der Waals surface area contributed by atoms with Crippen LogP contribution in [0, 0.1) is 0 Å². The number of benzene rings is 1. The fourth-order valence-corrected chi connectivity index (χ4v) is 2.00. The topological polar surface area (TPSA) is 27.7 Å². The standard InChI is InChI=1S/C20H30O3/c1-5-10-21-11-12-22-13-14-23-16-18(4)20-9-7-8-19(15-20)17(3)6-2/h6-9,15-16H,5,10-14H2,1-4H3/b17-6+,18-16+. The van der Waals surface area contributed by atoms with Crippen LogP contribution in [0.5, 0.6) is 0 Å². The van der Waals surface area contributed by atoms with E-state index in [0.29, 0.717) is 26.4 Å². The molecule has 0 bridgehead atoms. The van der Waals surface area contributed by atoms with Gasteiger partial charge in [0.2, 0.25) is 0 Å². The zero-order valence-electron chi connectivity index (χ0n) is 14.9. The highest BCUT2D eigenvalue weighted by Crippen LogP contribution is 2.20. The predicted octanol–water partition coefficient (Wildman–Crippen LogP) is 4.93. The van der Waals surface area contributed by atoms with E-state index in [1.807, 2.05) is 0 Å². The van der Waals surface area contributed by atoms with Crippen LogP contribution in [0.25, 0.3) is 11.1 Å². The summed E-state index contributed by atoms with van der Waals surface area (Å²) in [5.41, 5.74) is 4.81. The van der Waals surface area contributed by atoms with Crippen LogP contribution < -0.4 is 0 Å². The van der Waals surface area contributed by atoms with E-state index in [-0.39, 0.29) is 0 Å². The van der Waals surface area contributed by atoms with Gasteiger partial charge in [-0.25, -0.2) is 0 Å². The first-order valence-corrected chi connectivity index (χ1v) is 8.36. The quantitative estimate of drug-likeness (QED) is 0.428. The van der Waals surface area contributed by atoms with Crippen LogP contribution >= 0.6 is 0 Å². The lowest BCUT2D eigenvalue weighted by Crippen LogP contribution is -2.08. The second-order valence-corrected chi connectivity index (χ2v) is 5.45. The molecule has 3 heteroatoms. The number of allylic oxidation sites excluding steroid dienone is 3. The van der Waals surface area contributed by atoms with Crippen LogP contribution in [0.15, 0.2) is 36.6 Å². The van der Waals surface area contributed by atoms with Gasteiger partial charge in [0.1, 0.15) is 6.61 Å². The van der Waals surface area contributed by atoms with Gasteiger partial charge in [-0.05, 0) is 55.5 Å². The first kappa shape index (κ1) is 19.5. The highest BCUT2D eigenvalue weighted by molar-refractivity contribution is 5.70. The Labute approximate surface area is 141 Å². The molecular weight excluding hydrogens is 288 g/mol. The van der Waals surface area contributed by atoms with Crippen molar-refractivity contribution in [2.24, 2.45) is 0 Å². The first-order chi connectivity index (χ1) is 11.2. The van der Waals surface area contributed by atoms with Crippen LogP contribution in [-0.2, 0) is 14.2 Å². The molecule has 0 spiro atoms. The highest BCUT2D eigenvalue weighted by Gasteiger charge is 2.00. The second-order valence-electron chi connectivity index (χ2n) is 5.45. The maximum Gasteiger partial charge on any atom is 0.111 e. The molecule has 128 valence electrons. The summed E-state index contributed by atoms with van der Waals surface area (Å²) in [5, 5.41) is 0. The fourth-order valence-electron chi connectivity index (χ4n) is 2.00. The Balaban J connectivity index is 2.32. The summed E-state index contributed by atoms with van der Waals surface area (Å²) in [4.78, 5) is 0. The van der Waals surface area contributed by atoms with E-state index >= 15 is 0 Å². The van der Waals surface area contributed by atoms with Gasteiger partial charge >= 0.3 is 0 Å². The average molecular weight is 318 g/mol. The lowest BCUT2D eigenvalue weighted by Gasteiger charge is -2.08. The molecule has 0 amide bonds. The third-order valence-electron chi connectivity index (χ3n) is 3.53. The molecule has 1 aromatic rings. The molecule has 1 aromatic carbocycles. The van der Waals surface area contributed by atoms with Gasteiger partial charge in [0, 0.05) is 6.61 Å². The van der Waals surface area contributed by atoms with Crippen molar-refractivity contribution < 1.29 is 14.2 Å². The number of ether oxygens (including phenoxy) is 3. The van der Waals surface area contributed by atoms with Crippen LogP contribution in [-0.4, -0.2) is 33.0 Å². The van der Waals surface area contributed by atoms with Crippen molar-refractivity contribution >= 4 is 11.1 Å². The van der Waals surface area contributed by atoms with Crippen molar-refractivity contribution in [2.45, 2.75) is 34.1 Å². The lowest BCUT2D eigenvalue weighted by molar-refractivity contribution is 0.0309. The van der Waals surface area contributed by atoms with Gasteiger partial charge in [0.05, 0.1) is 26.1 Å². The predicted molar refractivity (Wildman–Crippen MR) is 97.3 cm³/mol. The molecule has 0 atom stereocenters. The summed E-state index contributed by atoms with van der Waals surface area (Å²) in [6.45, 7) is 11.5. The van der Waals surface area contributed by atoms with Crippen molar-refractivity contribution in [1.82, 2.24) is 0 Å². The minimum atomic E-state index is 0.554. The van der Waals surface area contributed by atoms with Crippen molar-refractivity contribution in [3.63, 3.8) is 0 Å². The second kappa shape index (κ2) is 11.9. The van der Waals surface area contributed by atoms with Crippen molar-refractivity contribution in [2.75, 3.05) is 33.0 Å². The Morgan fingerprint density at radius 2 is 1.52 bits per heavy atom. The van der Waals surface area contributed by atoms with Gasteiger partial charge in [-0.1, -0.05) is 31.2 Å². The zero-order chi connectivity index (χ0) is 16.9. The molecule has 0 heterocycles. The summed E-state index contributed by atoms with van der Waals surface area (Å²) in [6, 6.07) is 8.49. The normalized spacial score (nSPS) is 12.5. The Kier molecular flexibility index (Phi) is 10.1. The monoisotopic (exact) mass is 318 g/mol. The molecule has 0 aliphatic heterocycles. The Hall–Kier alpha value is -1.58. The van der Waals surface area contributed by atoms with Gasteiger partial charge in [0.25, 0.3) is 0 Å². The summed E-state index contributed by atoms with van der Waals surface area (Å²) in [7, 11) is 0. The summed E-state index contributed by atoms with van der Waals surface area (Å²) < 4.78 is 16.4. The minimum Gasteiger partial charge on any atom is -0.498 e. The molecule has 0 aliphatic carbocycles. The lowest BCUT2D eigenvalue weighted by atomic mass is 10.0. The maximum absolute atomic E-state index is 5.56. The third kappa shape index (κ3) is 8.00. The first-order valence-electron chi connectivity index (χ1n) is 8.36. The van der Waals surface area contributed by atoms with E-state index in [2.05, 4.69) is 58.0 Å². The SMILES string of the molecule is C/C=C(\C)c1cccc(/C(C)=C/OCCOCCOCCC)c1. The molecule has 23 heavy (non-hydrogen) atoms. The molecule has 0 radical (unpaired) electrons. The maximum atomic E-state index is 5.56. The third-order valence-corrected chi connectivity index (χ3v) is 3.53. The van der Waals surface area contributed by atoms with Gasteiger partial charge < -0.3 is 14.2 Å². The summed E-state index contributed by atoms with van der Waals surface area (Å²) in [5.74, 6) is 0. The number of hydrogen-bond acceptors (Lipinski definition) is 3. The zero-order valence-corrected chi connectivity index (χ0v) is 14.9. The molecule has 0 N–H and O–H groups in total. The molecule has 0 unspecified atom stereocenters. The molecule has 0 fully saturated rings. The average Bonchev–Trinajstić information content (AvgIpc) is 2.59. The van der Waals surface area contributed by atoms with Crippen LogP contribution in [0.3, 0.4) is 0 Å². The molecule has 0 aromatic heterocycles. The Morgan fingerprint density at radius 3 is 2.17 bits per heavy atom. The van der Waals surface area contributed by atoms with Crippen molar-refractivity contribution in [1.29, 1.82) is 0 Å². The van der Waals surface area contributed by atoms with Crippen molar-refractivity contribution in [3.8, 4) is 0 Å². The summed E-state index contributed by atoms with van der Waals surface area (Å²) in [6.07, 6.45) is 4.97. The fraction of sp³-hybridized carbons (Fsp3) is 0.500. The van der Waals surface area contributed by atoms with E-state index < -0.39 is 0 Å². The molecule has 1 rings (SSSR count). The molecular formula is C20H30O3. The minimum absolute atomic E-state index is 0.554. The van der Waals surface area contributed by atoms with E-state index in [4.69, 9.17) is 14.2 Å². The van der Waals surface area contributed by atoms with E-state index in [1.54, 1.807) is 6.26 Å². The van der Waals surface area contributed by atoms with Gasteiger partial charge in [-0.15, -0.1) is 0 Å². The molecule has 3 nitrogen and oxygen atoms in total. The summed E-state index contributed by atoms with van der Waals surface area (Å²) >= 11 is 0. The number of hydrogen-bond donors (Lipinski definition) is 0. The van der Waals surface area contributed by atoms with Gasteiger partial charge in [-0.3, -0.25) is 0 Å². The van der Waals surface area contributed by atoms with E-state index in [9.17, 15) is 0 Å². The number of rotatable bonds is 11. The van der Waals surface area contributed by atoms with Gasteiger partial charge in [0.15, 0.2) is 0 Å². The van der Waals surface area contributed by atoms with Crippen LogP contribution in [0.4, 0.5) is 0 Å². The molecule has 0 saturated heterocycles. The van der Waals surface area contributed by atoms with Crippen LogP contribution in [0.2, 0.25) is 0 Å². The molecule has 0 saturated carbocycles. The van der Waals surface area contributed by atoms with E-state index in [0.717, 1.165) is 18.6 Å². The van der Waals surface area contributed by atoms with Crippen molar-refractivity contribution in [3.05, 3.63) is 47.7 Å². The Morgan fingerprint density at radius 1 is 0.913 bits per heavy atom. The van der Waals surface area contributed by atoms with Crippen LogP contribution in [0.1, 0.15) is 45.2 Å². The smallest absolute Gasteiger partial charge is 0.111 e. The highest BCUT2D eigenvalue weighted by atomic mass is 16.5. The van der Waals surface area contributed by atoms with E-state index in [1.165, 1.54) is 16.7 Å². The Bertz CT molecular complexity index is 503. The van der Waals surface area contributed by atoms with Gasteiger partial charge in [-0.2, -0.15) is 0 Å². The molecule has 0 aliphatic rings.